The molecule has 1 N–H and O–H groups in total. The van der Waals surface area contributed by atoms with E-state index in [4.69, 9.17) is 0 Å². The van der Waals surface area contributed by atoms with Crippen LogP contribution >= 0.6 is 0 Å². The molecule has 0 aromatic heterocycles. The maximum atomic E-state index is 13.0. The number of rotatable bonds is 2. The van der Waals surface area contributed by atoms with E-state index in [-0.39, 0.29) is 11.9 Å². The lowest BCUT2D eigenvalue weighted by atomic mass is 9.52. The average Bonchev–Trinajstić information content (AvgIpc) is 2.52. The lowest BCUT2D eigenvalue weighted by Gasteiger charge is -2.67. The van der Waals surface area contributed by atoms with Crippen molar-refractivity contribution in [3.05, 3.63) is 30.3 Å². The van der Waals surface area contributed by atoms with Gasteiger partial charge in [0.1, 0.15) is 5.54 Å². The highest BCUT2D eigenvalue weighted by molar-refractivity contribution is 5.97. The molecule has 1 heterocycles. The molecule has 1 amide bonds. The Bertz CT molecular complexity index is 670. The molecular weight excluding hydrogens is 300 g/mol. The number of nitrogens with zero attached hydrogens (tertiary/aromatic N) is 2. The average molecular weight is 326 g/mol. The Hall–Kier alpha value is -1.55. The number of amides is 1. The van der Waals surface area contributed by atoms with Gasteiger partial charge in [0.2, 0.25) is 0 Å². The standard InChI is InChI=1S/C20H26N2O2/c1-19(2)18(23)21(22(19)16-6-4-3-5-7-16)17-14-8-13-9-15(17)12-20(24,10-13)11-14/h3-7,13-15,17,24H,8-12H2,1-2H3/t13?,14-,15+,17?,20?. The van der Waals surface area contributed by atoms with E-state index < -0.39 is 11.1 Å². The van der Waals surface area contributed by atoms with Crippen molar-refractivity contribution >= 4 is 11.6 Å². The van der Waals surface area contributed by atoms with Crippen molar-refractivity contribution in [2.45, 2.75) is 63.1 Å². The fraction of sp³-hybridized carbons (Fsp3) is 0.650. The van der Waals surface area contributed by atoms with Gasteiger partial charge in [0, 0.05) is 0 Å². The molecular formula is C20H26N2O2. The van der Waals surface area contributed by atoms with Crippen LogP contribution in [0.1, 0.15) is 46.0 Å². The molecule has 128 valence electrons. The summed E-state index contributed by atoms with van der Waals surface area (Å²) in [6.45, 7) is 4.03. The minimum absolute atomic E-state index is 0.232. The molecule has 4 nitrogen and oxygen atoms in total. The van der Waals surface area contributed by atoms with Gasteiger partial charge in [-0.3, -0.25) is 9.80 Å². The van der Waals surface area contributed by atoms with Gasteiger partial charge in [-0.05, 0) is 75.8 Å². The molecule has 0 radical (unpaired) electrons. The predicted octanol–water partition coefficient (Wildman–Crippen LogP) is 2.97. The summed E-state index contributed by atoms with van der Waals surface area (Å²) in [5.74, 6) is 1.80. The summed E-state index contributed by atoms with van der Waals surface area (Å²) >= 11 is 0. The number of carbonyl (C=O) groups excluding carboxylic acids is 1. The van der Waals surface area contributed by atoms with E-state index in [1.807, 2.05) is 37.1 Å². The van der Waals surface area contributed by atoms with Crippen LogP contribution in [0.3, 0.4) is 0 Å². The van der Waals surface area contributed by atoms with Crippen molar-refractivity contribution in [3.63, 3.8) is 0 Å². The smallest absolute Gasteiger partial charge is 0.268 e. The molecule has 5 atom stereocenters. The van der Waals surface area contributed by atoms with Crippen molar-refractivity contribution in [3.8, 4) is 0 Å². The van der Waals surface area contributed by atoms with E-state index in [1.54, 1.807) is 0 Å². The minimum atomic E-state index is -0.479. The summed E-state index contributed by atoms with van der Waals surface area (Å²) in [4.78, 5) is 13.0. The van der Waals surface area contributed by atoms with Crippen molar-refractivity contribution in [1.29, 1.82) is 0 Å². The van der Waals surface area contributed by atoms with E-state index in [0.29, 0.717) is 17.8 Å². The van der Waals surface area contributed by atoms with Crippen LogP contribution in [0.4, 0.5) is 5.69 Å². The predicted molar refractivity (Wildman–Crippen MR) is 92.1 cm³/mol. The summed E-state index contributed by atoms with van der Waals surface area (Å²) in [5, 5.41) is 15.1. The lowest BCUT2D eigenvalue weighted by Crippen LogP contribution is -2.80. The van der Waals surface area contributed by atoms with Gasteiger partial charge in [0.05, 0.1) is 17.3 Å². The van der Waals surface area contributed by atoms with Crippen molar-refractivity contribution < 1.29 is 9.90 Å². The van der Waals surface area contributed by atoms with Crippen LogP contribution in [-0.2, 0) is 4.79 Å². The number of hydrogen-bond acceptors (Lipinski definition) is 3. The van der Waals surface area contributed by atoms with Crippen LogP contribution in [0, 0.1) is 17.8 Å². The molecule has 4 bridgehead atoms. The maximum absolute atomic E-state index is 13.0. The lowest BCUT2D eigenvalue weighted by molar-refractivity contribution is -0.190. The fourth-order valence-electron chi connectivity index (χ4n) is 6.33. The Morgan fingerprint density at radius 3 is 2.25 bits per heavy atom. The van der Waals surface area contributed by atoms with Crippen molar-refractivity contribution in [1.82, 2.24) is 5.01 Å². The summed E-state index contributed by atoms with van der Waals surface area (Å²) in [7, 11) is 0. The van der Waals surface area contributed by atoms with Gasteiger partial charge in [-0.2, -0.15) is 0 Å². The summed E-state index contributed by atoms with van der Waals surface area (Å²) in [5.41, 5.74) is 0.163. The van der Waals surface area contributed by atoms with Gasteiger partial charge in [0.25, 0.3) is 5.91 Å². The maximum Gasteiger partial charge on any atom is 0.268 e. The van der Waals surface area contributed by atoms with E-state index in [1.165, 1.54) is 12.8 Å². The van der Waals surface area contributed by atoms with Crippen molar-refractivity contribution in [2.24, 2.45) is 17.8 Å². The van der Waals surface area contributed by atoms with Crippen LogP contribution in [-0.4, -0.2) is 33.2 Å². The monoisotopic (exact) mass is 326 g/mol. The quantitative estimate of drug-likeness (QED) is 0.909. The second-order valence-corrected chi connectivity index (χ2v) is 9.04. The Morgan fingerprint density at radius 2 is 1.67 bits per heavy atom. The molecule has 1 saturated heterocycles. The normalized spacial score (nSPS) is 42.4. The van der Waals surface area contributed by atoms with Gasteiger partial charge in [-0.25, -0.2) is 5.01 Å². The van der Waals surface area contributed by atoms with Gasteiger partial charge in [-0.1, -0.05) is 18.2 Å². The molecule has 4 saturated carbocycles. The van der Waals surface area contributed by atoms with E-state index >= 15 is 0 Å². The van der Waals surface area contributed by atoms with E-state index in [9.17, 15) is 9.90 Å². The first-order valence-corrected chi connectivity index (χ1v) is 9.30. The van der Waals surface area contributed by atoms with Gasteiger partial charge < -0.3 is 5.11 Å². The molecule has 1 aromatic rings. The molecule has 1 aromatic carbocycles. The minimum Gasteiger partial charge on any atom is -0.390 e. The SMILES string of the molecule is CC1(C)C(=O)N(C2[C@@H]3CC4C[C@H]2CC(O)(C4)C3)N1c1ccccc1. The van der Waals surface area contributed by atoms with E-state index in [0.717, 1.165) is 24.9 Å². The second kappa shape index (κ2) is 4.54. The number of hydrazine groups is 1. The third-order valence-corrected chi connectivity index (χ3v) is 6.95. The summed E-state index contributed by atoms with van der Waals surface area (Å²) in [6.07, 6.45) is 5.08. The molecule has 4 aliphatic carbocycles. The molecule has 6 rings (SSSR count). The highest BCUT2D eigenvalue weighted by Crippen LogP contribution is 2.58. The molecule has 24 heavy (non-hydrogen) atoms. The molecule has 4 heteroatoms. The number of benzene rings is 1. The first-order chi connectivity index (χ1) is 11.4. The molecule has 3 unspecified atom stereocenters. The largest absolute Gasteiger partial charge is 0.390 e. The summed E-state index contributed by atoms with van der Waals surface area (Å²) < 4.78 is 0. The molecule has 5 aliphatic rings. The first-order valence-electron chi connectivity index (χ1n) is 9.30. The van der Waals surface area contributed by atoms with Gasteiger partial charge in [0.15, 0.2) is 0 Å². The first kappa shape index (κ1) is 14.8. The zero-order valence-corrected chi connectivity index (χ0v) is 14.5. The van der Waals surface area contributed by atoms with Crippen LogP contribution in [0.5, 0.6) is 0 Å². The van der Waals surface area contributed by atoms with Gasteiger partial charge >= 0.3 is 0 Å². The molecule has 0 spiro atoms. The third kappa shape index (κ3) is 1.81. The number of hydrogen-bond donors (Lipinski definition) is 1. The van der Waals surface area contributed by atoms with Crippen molar-refractivity contribution in [2.75, 3.05) is 5.01 Å². The van der Waals surface area contributed by atoms with Gasteiger partial charge in [-0.15, -0.1) is 0 Å². The zero-order valence-electron chi connectivity index (χ0n) is 14.5. The Morgan fingerprint density at radius 1 is 1.04 bits per heavy atom. The highest BCUT2D eigenvalue weighted by atomic mass is 16.3. The Kier molecular flexibility index (Phi) is 2.79. The Balaban J connectivity index is 1.51. The molecule has 1 aliphatic heterocycles. The summed E-state index contributed by atoms with van der Waals surface area (Å²) in [6, 6.07) is 10.5. The second-order valence-electron chi connectivity index (χ2n) is 9.04. The van der Waals surface area contributed by atoms with Crippen LogP contribution < -0.4 is 5.01 Å². The van der Waals surface area contributed by atoms with Crippen LogP contribution in [0.25, 0.3) is 0 Å². The molecule has 5 fully saturated rings. The zero-order chi connectivity index (χ0) is 16.7. The number of carbonyl (C=O) groups is 1. The topological polar surface area (TPSA) is 43.8 Å². The fourth-order valence-corrected chi connectivity index (χ4v) is 6.33. The third-order valence-electron chi connectivity index (χ3n) is 6.95. The Labute approximate surface area is 143 Å². The number of anilines is 1. The highest BCUT2D eigenvalue weighted by Gasteiger charge is 2.63. The van der Waals surface area contributed by atoms with Crippen LogP contribution in [0.15, 0.2) is 30.3 Å². The number of aliphatic hydroxyl groups is 1. The van der Waals surface area contributed by atoms with Crippen LogP contribution in [0.2, 0.25) is 0 Å². The number of para-hydroxylation sites is 1. The van der Waals surface area contributed by atoms with E-state index in [2.05, 4.69) is 17.1 Å².